The Morgan fingerprint density at radius 2 is 1.92 bits per heavy atom. The lowest BCUT2D eigenvalue weighted by atomic mass is 9.85. The molecule has 0 saturated carbocycles. The molecule has 0 aliphatic carbocycles. The van der Waals surface area contributed by atoms with E-state index in [1.807, 2.05) is 6.92 Å². The maximum absolute atomic E-state index is 10.7. The summed E-state index contributed by atoms with van der Waals surface area (Å²) in [5.41, 5.74) is 4.52. The Morgan fingerprint density at radius 1 is 1.50 bits per heavy atom. The van der Waals surface area contributed by atoms with Gasteiger partial charge in [-0.2, -0.15) is 0 Å². The zero-order chi connectivity index (χ0) is 9.94. The van der Waals surface area contributed by atoms with E-state index in [2.05, 4.69) is 13.8 Å². The van der Waals surface area contributed by atoms with Crippen molar-refractivity contribution in [2.24, 2.45) is 17.6 Å². The Labute approximate surface area is 74.0 Å². The van der Waals surface area contributed by atoms with Gasteiger partial charge >= 0.3 is 5.97 Å². The summed E-state index contributed by atoms with van der Waals surface area (Å²) in [6.45, 7) is 7.73. The predicted molar refractivity (Wildman–Crippen MR) is 48.8 cm³/mol. The van der Waals surface area contributed by atoms with Crippen molar-refractivity contribution in [3.8, 4) is 0 Å². The minimum absolute atomic E-state index is 0.344. The van der Waals surface area contributed by atoms with Crippen LogP contribution >= 0.6 is 0 Å². The molecule has 0 aromatic rings. The molecule has 0 rings (SSSR count). The van der Waals surface area contributed by atoms with Crippen molar-refractivity contribution in [1.82, 2.24) is 0 Å². The first-order valence-electron chi connectivity index (χ1n) is 4.29. The van der Waals surface area contributed by atoms with Crippen LogP contribution in [-0.4, -0.2) is 16.6 Å². The molecule has 12 heavy (non-hydrogen) atoms. The summed E-state index contributed by atoms with van der Waals surface area (Å²) in [7, 11) is 0. The van der Waals surface area contributed by atoms with Crippen molar-refractivity contribution >= 4 is 5.97 Å². The van der Waals surface area contributed by atoms with Gasteiger partial charge in [-0.05, 0) is 25.2 Å². The molecule has 0 amide bonds. The highest BCUT2D eigenvalue weighted by Crippen LogP contribution is 2.20. The maximum Gasteiger partial charge on any atom is 0.323 e. The molecular weight excluding hydrogens is 154 g/mol. The van der Waals surface area contributed by atoms with E-state index in [1.54, 1.807) is 6.92 Å². The van der Waals surface area contributed by atoms with Gasteiger partial charge in [0.05, 0.1) is 0 Å². The Balaban J connectivity index is 4.15. The molecular formula is C9H19NO2. The van der Waals surface area contributed by atoms with Crippen molar-refractivity contribution in [2.75, 3.05) is 0 Å². The molecule has 0 radical (unpaired) electrons. The highest BCUT2D eigenvalue weighted by atomic mass is 16.4. The molecule has 0 bridgehead atoms. The van der Waals surface area contributed by atoms with Crippen molar-refractivity contribution in [1.29, 1.82) is 0 Å². The second-order valence-electron chi connectivity index (χ2n) is 4.15. The van der Waals surface area contributed by atoms with E-state index in [0.717, 1.165) is 0 Å². The van der Waals surface area contributed by atoms with Gasteiger partial charge in [0.2, 0.25) is 0 Å². The maximum atomic E-state index is 10.7. The van der Waals surface area contributed by atoms with Gasteiger partial charge in [-0.1, -0.05) is 20.8 Å². The van der Waals surface area contributed by atoms with Gasteiger partial charge in [0, 0.05) is 0 Å². The van der Waals surface area contributed by atoms with Crippen LogP contribution < -0.4 is 5.73 Å². The SMILES string of the molecule is CC(C)C(C)CC(C)(N)C(=O)O. The normalized spacial score (nSPS) is 18.8. The average Bonchev–Trinajstić information content (AvgIpc) is 1.85. The second-order valence-corrected chi connectivity index (χ2v) is 4.15. The zero-order valence-corrected chi connectivity index (χ0v) is 8.29. The van der Waals surface area contributed by atoms with Crippen LogP contribution in [0.4, 0.5) is 0 Å². The molecule has 0 aliphatic rings. The summed E-state index contributed by atoms with van der Waals surface area (Å²) in [6.07, 6.45) is 0.528. The third kappa shape index (κ3) is 3.22. The zero-order valence-electron chi connectivity index (χ0n) is 8.29. The number of hydrogen-bond acceptors (Lipinski definition) is 2. The van der Waals surface area contributed by atoms with E-state index in [4.69, 9.17) is 10.8 Å². The van der Waals surface area contributed by atoms with Crippen LogP contribution in [0.15, 0.2) is 0 Å². The van der Waals surface area contributed by atoms with Crippen LogP contribution in [0, 0.1) is 11.8 Å². The number of aliphatic carboxylic acids is 1. The first-order chi connectivity index (χ1) is 5.27. The van der Waals surface area contributed by atoms with E-state index in [1.165, 1.54) is 0 Å². The van der Waals surface area contributed by atoms with E-state index >= 15 is 0 Å². The lowest BCUT2D eigenvalue weighted by molar-refractivity contribution is -0.143. The number of carboxylic acid groups (broad SMARTS) is 1. The molecule has 0 fully saturated rings. The van der Waals surface area contributed by atoms with Crippen molar-refractivity contribution in [3.05, 3.63) is 0 Å². The van der Waals surface area contributed by atoms with Crippen molar-refractivity contribution in [3.63, 3.8) is 0 Å². The molecule has 2 atom stereocenters. The van der Waals surface area contributed by atoms with Crippen LogP contribution in [0.25, 0.3) is 0 Å². The number of hydrogen-bond donors (Lipinski definition) is 2. The smallest absolute Gasteiger partial charge is 0.323 e. The molecule has 3 heteroatoms. The van der Waals surface area contributed by atoms with E-state index in [-0.39, 0.29) is 0 Å². The summed E-state index contributed by atoms with van der Waals surface area (Å²) in [4.78, 5) is 10.7. The van der Waals surface area contributed by atoms with Gasteiger partial charge in [0.1, 0.15) is 5.54 Å². The number of rotatable bonds is 4. The van der Waals surface area contributed by atoms with Gasteiger partial charge in [-0.3, -0.25) is 4.79 Å². The molecule has 3 nitrogen and oxygen atoms in total. The Kier molecular flexibility index (Phi) is 3.71. The third-order valence-electron chi connectivity index (χ3n) is 2.37. The van der Waals surface area contributed by atoms with Crippen LogP contribution in [-0.2, 0) is 4.79 Å². The van der Waals surface area contributed by atoms with E-state index in [9.17, 15) is 4.79 Å². The lowest BCUT2D eigenvalue weighted by Gasteiger charge is -2.25. The molecule has 0 spiro atoms. The summed E-state index contributed by atoms with van der Waals surface area (Å²) in [5, 5.41) is 8.75. The molecule has 3 N–H and O–H groups in total. The first kappa shape index (κ1) is 11.4. The Hall–Kier alpha value is -0.570. The standard InChI is InChI=1S/C9H19NO2/c1-6(2)7(3)5-9(4,10)8(11)12/h6-7H,5,10H2,1-4H3,(H,11,12). The number of carbonyl (C=O) groups is 1. The monoisotopic (exact) mass is 173 g/mol. The van der Waals surface area contributed by atoms with Gasteiger partial charge in [0.25, 0.3) is 0 Å². The minimum Gasteiger partial charge on any atom is -0.480 e. The second kappa shape index (κ2) is 3.90. The van der Waals surface area contributed by atoms with Crippen LogP contribution in [0.5, 0.6) is 0 Å². The molecule has 0 aromatic heterocycles. The fraction of sp³-hybridized carbons (Fsp3) is 0.889. The Bertz CT molecular complexity index is 164. The van der Waals surface area contributed by atoms with Crippen molar-refractivity contribution < 1.29 is 9.90 Å². The molecule has 2 unspecified atom stereocenters. The first-order valence-corrected chi connectivity index (χ1v) is 4.29. The minimum atomic E-state index is -1.08. The van der Waals surface area contributed by atoms with Gasteiger partial charge in [-0.25, -0.2) is 0 Å². The average molecular weight is 173 g/mol. The summed E-state index contributed by atoms with van der Waals surface area (Å²) >= 11 is 0. The summed E-state index contributed by atoms with van der Waals surface area (Å²) in [5.74, 6) is -0.0988. The predicted octanol–water partition coefficient (Wildman–Crippen LogP) is 1.47. The Morgan fingerprint density at radius 3 is 2.17 bits per heavy atom. The van der Waals surface area contributed by atoms with Crippen LogP contribution in [0.2, 0.25) is 0 Å². The molecule has 0 aliphatic heterocycles. The van der Waals surface area contributed by atoms with Crippen molar-refractivity contribution in [2.45, 2.75) is 39.7 Å². The van der Waals surface area contributed by atoms with Crippen LogP contribution in [0.3, 0.4) is 0 Å². The van der Waals surface area contributed by atoms with Gasteiger partial charge in [0.15, 0.2) is 0 Å². The van der Waals surface area contributed by atoms with Gasteiger partial charge in [-0.15, -0.1) is 0 Å². The topological polar surface area (TPSA) is 63.3 Å². The third-order valence-corrected chi connectivity index (χ3v) is 2.37. The largest absolute Gasteiger partial charge is 0.480 e. The lowest BCUT2D eigenvalue weighted by Crippen LogP contribution is -2.46. The quantitative estimate of drug-likeness (QED) is 0.676. The summed E-state index contributed by atoms with van der Waals surface area (Å²) < 4.78 is 0. The van der Waals surface area contributed by atoms with Crippen LogP contribution in [0.1, 0.15) is 34.1 Å². The van der Waals surface area contributed by atoms with E-state index in [0.29, 0.717) is 18.3 Å². The highest BCUT2D eigenvalue weighted by molar-refractivity contribution is 5.77. The molecule has 72 valence electrons. The summed E-state index contributed by atoms with van der Waals surface area (Å²) in [6, 6.07) is 0. The fourth-order valence-corrected chi connectivity index (χ4v) is 0.992. The number of nitrogens with two attached hydrogens (primary N) is 1. The highest BCUT2D eigenvalue weighted by Gasteiger charge is 2.30. The van der Waals surface area contributed by atoms with Gasteiger partial charge < -0.3 is 10.8 Å². The molecule has 0 aromatic carbocycles. The molecule has 0 heterocycles. The number of carboxylic acids is 1. The van der Waals surface area contributed by atoms with E-state index < -0.39 is 11.5 Å². The molecule has 0 saturated heterocycles. The fourth-order valence-electron chi connectivity index (χ4n) is 0.992.